The first-order chi connectivity index (χ1) is 12.0. The molecule has 0 aliphatic heterocycles. The van der Waals surface area contributed by atoms with Crippen LogP contribution >= 0.6 is 12.2 Å². The zero-order valence-electron chi connectivity index (χ0n) is 13.1. The van der Waals surface area contributed by atoms with Crippen LogP contribution < -0.4 is 15.4 Å². The second-order valence-corrected chi connectivity index (χ2v) is 5.25. The number of amides is 1. The van der Waals surface area contributed by atoms with Crippen LogP contribution in [-0.2, 0) is 0 Å². The van der Waals surface area contributed by atoms with Crippen LogP contribution in [0.2, 0.25) is 0 Å². The van der Waals surface area contributed by atoms with E-state index >= 15 is 0 Å². The maximum Gasteiger partial charge on any atom is 0.270 e. The Morgan fingerprint density at radius 3 is 2.76 bits per heavy atom. The van der Waals surface area contributed by atoms with Gasteiger partial charge < -0.3 is 10.1 Å². The van der Waals surface area contributed by atoms with Crippen LogP contribution in [0, 0.1) is 10.1 Å². The highest BCUT2D eigenvalue weighted by Gasteiger charge is 2.12. The molecule has 8 heteroatoms. The van der Waals surface area contributed by atoms with Crippen LogP contribution in [0.4, 0.5) is 11.4 Å². The number of nitro groups is 1. The van der Waals surface area contributed by atoms with Gasteiger partial charge in [-0.1, -0.05) is 24.8 Å². The molecule has 2 N–H and O–H groups in total. The van der Waals surface area contributed by atoms with E-state index in [1.165, 1.54) is 24.3 Å². The number of carbonyl (C=O) groups excluding carboxylic acids is 1. The molecule has 7 nitrogen and oxygen atoms in total. The fourth-order valence-corrected chi connectivity index (χ4v) is 2.13. The first-order valence-electron chi connectivity index (χ1n) is 7.20. The Bertz CT molecular complexity index is 823. The molecule has 0 aliphatic carbocycles. The largest absolute Gasteiger partial charge is 0.489 e. The van der Waals surface area contributed by atoms with Gasteiger partial charge in [-0.15, -0.1) is 0 Å². The molecule has 0 atom stereocenters. The number of nitrogens with zero attached hydrogens (tertiary/aromatic N) is 1. The van der Waals surface area contributed by atoms with Crippen molar-refractivity contribution < 1.29 is 14.5 Å². The van der Waals surface area contributed by atoms with Crippen molar-refractivity contribution in [2.45, 2.75) is 0 Å². The van der Waals surface area contributed by atoms with E-state index in [-0.39, 0.29) is 16.4 Å². The van der Waals surface area contributed by atoms with Gasteiger partial charge in [-0.25, -0.2) is 0 Å². The van der Waals surface area contributed by atoms with Gasteiger partial charge >= 0.3 is 0 Å². The zero-order valence-corrected chi connectivity index (χ0v) is 13.9. The highest BCUT2D eigenvalue weighted by atomic mass is 32.1. The third-order valence-electron chi connectivity index (χ3n) is 3.01. The number of benzene rings is 2. The summed E-state index contributed by atoms with van der Waals surface area (Å²) in [6.45, 7) is 3.95. The van der Waals surface area contributed by atoms with Gasteiger partial charge in [-0.3, -0.25) is 20.2 Å². The maximum absolute atomic E-state index is 12.1. The Balaban J connectivity index is 2.00. The van der Waals surface area contributed by atoms with Crippen LogP contribution in [0.3, 0.4) is 0 Å². The smallest absolute Gasteiger partial charge is 0.270 e. The standard InChI is InChI=1S/C17H15N3O4S/c1-2-9-24-15-8-4-6-13(11-15)18-17(25)19-16(21)12-5-3-7-14(10-12)20(22)23/h2-8,10-11H,1,9H2,(H2,18,19,21,25). The van der Waals surface area contributed by atoms with Crippen LogP contribution in [0.25, 0.3) is 0 Å². The minimum Gasteiger partial charge on any atom is -0.489 e. The molecular formula is C17H15N3O4S. The second-order valence-electron chi connectivity index (χ2n) is 4.84. The van der Waals surface area contributed by atoms with Gasteiger partial charge in [-0.05, 0) is 30.4 Å². The fraction of sp³-hybridized carbons (Fsp3) is 0.0588. The Labute approximate surface area is 149 Å². The van der Waals surface area contributed by atoms with Crippen LogP contribution in [0.1, 0.15) is 10.4 Å². The zero-order chi connectivity index (χ0) is 18.2. The Kier molecular flexibility index (Phi) is 6.19. The predicted octanol–water partition coefficient (Wildman–Crippen LogP) is 3.29. The van der Waals surface area contributed by atoms with Gasteiger partial charge in [0.2, 0.25) is 0 Å². The molecule has 2 rings (SSSR count). The lowest BCUT2D eigenvalue weighted by Gasteiger charge is -2.11. The van der Waals surface area contributed by atoms with Crippen molar-refractivity contribution in [3.05, 3.63) is 76.9 Å². The molecule has 0 radical (unpaired) electrons. The van der Waals surface area contributed by atoms with E-state index in [0.717, 1.165) is 0 Å². The lowest BCUT2D eigenvalue weighted by Crippen LogP contribution is -2.34. The summed E-state index contributed by atoms with van der Waals surface area (Å²) in [5.74, 6) is 0.0815. The van der Waals surface area contributed by atoms with E-state index in [9.17, 15) is 14.9 Å². The molecule has 25 heavy (non-hydrogen) atoms. The van der Waals surface area contributed by atoms with Crippen molar-refractivity contribution in [3.63, 3.8) is 0 Å². The normalized spacial score (nSPS) is 9.76. The molecule has 2 aromatic carbocycles. The summed E-state index contributed by atoms with van der Waals surface area (Å²) >= 11 is 5.09. The van der Waals surface area contributed by atoms with Gasteiger partial charge in [0.05, 0.1) is 4.92 Å². The maximum atomic E-state index is 12.1. The van der Waals surface area contributed by atoms with E-state index in [1.54, 1.807) is 30.3 Å². The first-order valence-corrected chi connectivity index (χ1v) is 7.61. The molecule has 0 saturated heterocycles. The number of nitro benzene ring substituents is 1. The number of nitrogens with one attached hydrogen (secondary N) is 2. The summed E-state index contributed by atoms with van der Waals surface area (Å²) < 4.78 is 5.41. The molecule has 128 valence electrons. The van der Waals surface area contributed by atoms with E-state index < -0.39 is 10.8 Å². The van der Waals surface area contributed by atoms with E-state index in [2.05, 4.69) is 17.2 Å². The Hall–Kier alpha value is -3.26. The van der Waals surface area contributed by atoms with Gasteiger partial charge in [0.25, 0.3) is 11.6 Å². The van der Waals surface area contributed by atoms with Crippen molar-refractivity contribution in [2.24, 2.45) is 0 Å². The molecule has 0 aliphatic rings. The van der Waals surface area contributed by atoms with Gasteiger partial charge in [0, 0.05) is 29.4 Å². The van der Waals surface area contributed by atoms with Crippen LogP contribution in [0.15, 0.2) is 61.2 Å². The molecule has 0 spiro atoms. The van der Waals surface area contributed by atoms with Crippen molar-refractivity contribution >= 4 is 34.6 Å². The summed E-state index contributed by atoms with van der Waals surface area (Å²) in [7, 11) is 0. The first kappa shape index (κ1) is 18.1. The summed E-state index contributed by atoms with van der Waals surface area (Å²) in [4.78, 5) is 22.3. The average Bonchev–Trinajstić information content (AvgIpc) is 2.60. The van der Waals surface area contributed by atoms with Crippen molar-refractivity contribution in [3.8, 4) is 5.75 Å². The summed E-state index contributed by atoms with van der Waals surface area (Å²) in [5, 5.41) is 16.2. The number of rotatable bonds is 6. The third-order valence-corrected chi connectivity index (χ3v) is 3.21. The number of non-ortho nitro benzene ring substituents is 1. The van der Waals surface area contributed by atoms with Crippen molar-refractivity contribution in [1.82, 2.24) is 5.32 Å². The highest BCUT2D eigenvalue weighted by Crippen LogP contribution is 2.17. The van der Waals surface area contributed by atoms with Gasteiger partial charge in [0.15, 0.2) is 5.11 Å². The third kappa shape index (κ3) is 5.40. The molecular weight excluding hydrogens is 342 g/mol. The SMILES string of the molecule is C=CCOc1cccc(NC(=S)NC(=O)c2cccc([N+](=O)[O-])c2)c1. The number of anilines is 1. The molecule has 0 fully saturated rings. The quantitative estimate of drug-likeness (QED) is 0.357. The lowest BCUT2D eigenvalue weighted by molar-refractivity contribution is -0.384. The molecule has 1 amide bonds. The van der Waals surface area contributed by atoms with Crippen molar-refractivity contribution in [2.75, 3.05) is 11.9 Å². The fourth-order valence-electron chi connectivity index (χ4n) is 1.92. The Morgan fingerprint density at radius 2 is 2.04 bits per heavy atom. The number of carbonyl (C=O) groups is 1. The molecule has 0 unspecified atom stereocenters. The number of ether oxygens (including phenoxy) is 1. The number of hydrogen-bond donors (Lipinski definition) is 2. The number of thiocarbonyl (C=S) groups is 1. The van der Waals surface area contributed by atoms with E-state index in [4.69, 9.17) is 17.0 Å². The van der Waals surface area contributed by atoms with Crippen LogP contribution in [0.5, 0.6) is 5.75 Å². The minimum atomic E-state index is -0.567. The topological polar surface area (TPSA) is 93.5 Å². The second kappa shape index (κ2) is 8.55. The molecule has 0 bridgehead atoms. The van der Waals surface area contributed by atoms with Gasteiger partial charge in [0.1, 0.15) is 12.4 Å². The summed E-state index contributed by atoms with van der Waals surface area (Å²) in [5.41, 5.74) is 0.603. The molecule has 0 saturated carbocycles. The van der Waals surface area contributed by atoms with Crippen LogP contribution in [-0.4, -0.2) is 22.5 Å². The summed E-state index contributed by atoms with van der Waals surface area (Å²) in [6.07, 6.45) is 1.63. The summed E-state index contributed by atoms with van der Waals surface area (Å²) in [6, 6.07) is 12.4. The minimum absolute atomic E-state index is 0.0670. The molecule has 0 aromatic heterocycles. The lowest BCUT2D eigenvalue weighted by atomic mass is 10.2. The Morgan fingerprint density at radius 1 is 1.28 bits per heavy atom. The molecule has 0 heterocycles. The van der Waals surface area contributed by atoms with E-state index in [1.807, 2.05) is 0 Å². The predicted molar refractivity (Wildman–Crippen MR) is 98.9 cm³/mol. The number of hydrogen-bond acceptors (Lipinski definition) is 5. The molecule has 2 aromatic rings. The highest BCUT2D eigenvalue weighted by molar-refractivity contribution is 7.80. The van der Waals surface area contributed by atoms with E-state index in [0.29, 0.717) is 18.0 Å². The van der Waals surface area contributed by atoms with Crippen molar-refractivity contribution in [1.29, 1.82) is 0 Å². The average molecular weight is 357 g/mol. The van der Waals surface area contributed by atoms with Gasteiger partial charge in [-0.2, -0.15) is 0 Å². The monoisotopic (exact) mass is 357 g/mol.